The second kappa shape index (κ2) is 6.90. The molecule has 0 fully saturated rings. The molecule has 0 aromatic carbocycles. The van der Waals surface area contributed by atoms with Gasteiger partial charge in [-0.3, -0.25) is 4.79 Å². The van der Waals surface area contributed by atoms with E-state index in [-0.39, 0.29) is 12.1 Å². The molecule has 17 heavy (non-hydrogen) atoms. The van der Waals surface area contributed by atoms with Gasteiger partial charge >= 0.3 is 12.0 Å². The molecule has 0 saturated carbocycles. The Kier molecular flexibility index (Phi) is 5.48. The SMILES string of the molecule is CNCCCNC(=O)NC1C=CC(C(=O)O)C1. The lowest BCUT2D eigenvalue weighted by molar-refractivity contribution is -0.140. The highest BCUT2D eigenvalue weighted by Gasteiger charge is 2.25. The van der Waals surface area contributed by atoms with Crippen LogP contribution >= 0.6 is 0 Å². The van der Waals surface area contributed by atoms with Crippen molar-refractivity contribution in [2.45, 2.75) is 18.9 Å². The van der Waals surface area contributed by atoms with Crippen LogP contribution in [-0.4, -0.2) is 43.3 Å². The van der Waals surface area contributed by atoms with Crippen LogP contribution in [0.3, 0.4) is 0 Å². The third kappa shape index (κ3) is 4.86. The predicted molar refractivity (Wildman–Crippen MR) is 63.7 cm³/mol. The van der Waals surface area contributed by atoms with E-state index in [0.717, 1.165) is 13.0 Å². The Hall–Kier alpha value is -1.56. The van der Waals surface area contributed by atoms with Crippen LogP contribution in [0.15, 0.2) is 12.2 Å². The number of hydrogen-bond donors (Lipinski definition) is 4. The Morgan fingerprint density at radius 1 is 1.35 bits per heavy atom. The minimum Gasteiger partial charge on any atom is -0.481 e. The summed E-state index contributed by atoms with van der Waals surface area (Å²) in [6.45, 7) is 1.45. The highest BCUT2D eigenvalue weighted by molar-refractivity contribution is 5.76. The summed E-state index contributed by atoms with van der Waals surface area (Å²) >= 11 is 0. The zero-order valence-electron chi connectivity index (χ0n) is 9.90. The maximum Gasteiger partial charge on any atom is 0.315 e. The van der Waals surface area contributed by atoms with Crippen LogP contribution in [0, 0.1) is 5.92 Å². The highest BCUT2D eigenvalue weighted by atomic mass is 16.4. The molecule has 0 aromatic heterocycles. The van der Waals surface area contributed by atoms with Gasteiger partial charge in [-0.1, -0.05) is 12.2 Å². The first kappa shape index (κ1) is 13.5. The van der Waals surface area contributed by atoms with Crippen LogP contribution in [-0.2, 0) is 4.79 Å². The van der Waals surface area contributed by atoms with Crippen molar-refractivity contribution >= 4 is 12.0 Å². The molecule has 6 nitrogen and oxygen atoms in total. The molecule has 0 heterocycles. The molecule has 1 aliphatic carbocycles. The Morgan fingerprint density at radius 3 is 2.71 bits per heavy atom. The van der Waals surface area contributed by atoms with E-state index in [1.54, 1.807) is 12.2 Å². The van der Waals surface area contributed by atoms with Gasteiger partial charge in [0.05, 0.1) is 12.0 Å². The van der Waals surface area contributed by atoms with Crippen LogP contribution in [0.2, 0.25) is 0 Å². The van der Waals surface area contributed by atoms with E-state index in [1.165, 1.54) is 0 Å². The highest BCUT2D eigenvalue weighted by Crippen LogP contribution is 2.17. The van der Waals surface area contributed by atoms with E-state index in [1.807, 2.05) is 7.05 Å². The minimum atomic E-state index is -0.847. The molecule has 96 valence electrons. The van der Waals surface area contributed by atoms with Crippen molar-refractivity contribution in [1.29, 1.82) is 0 Å². The Morgan fingerprint density at radius 2 is 2.12 bits per heavy atom. The van der Waals surface area contributed by atoms with E-state index in [9.17, 15) is 9.59 Å². The summed E-state index contributed by atoms with van der Waals surface area (Å²) in [6.07, 6.45) is 4.64. The molecule has 6 heteroatoms. The van der Waals surface area contributed by atoms with Crippen molar-refractivity contribution in [3.05, 3.63) is 12.2 Å². The van der Waals surface area contributed by atoms with Gasteiger partial charge in [0.2, 0.25) is 0 Å². The van der Waals surface area contributed by atoms with Crippen LogP contribution in [0.4, 0.5) is 4.79 Å². The minimum absolute atomic E-state index is 0.180. The summed E-state index contributed by atoms with van der Waals surface area (Å²) in [4.78, 5) is 22.1. The van der Waals surface area contributed by atoms with Gasteiger partial charge in [-0.2, -0.15) is 0 Å². The average Bonchev–Trinajstić information content (AvgIpc) is 2.73. The van der Waals surface area contributed by atoms with Gasteiger partial charge in [0.1, 0.15) is 0 Å². The van der Waals surface area contributed by atoms with Gasteiger partial charge in [-0.25, -0.2) is 4.79 Å². The van der Waals surface area contributed by atoms with Gasteiger partial charge in [0.15, 0.2) is 0 Å². The summed E-state index contributed by atoms with van der Waals surface area (Å²) in [6, 6.07) is -0.429. The summed E-state index contributed by atoms with van der Waals surface area (Å²) in [5.41, 5.74) is 0. The molecule has 2 atom stereocenters. The van der Waals surface area contributed by atoms with Gasteiger partial charge in [-0.05, 0) is 26.4 Å². The van der Waals surface area contributed by atoms with Crippen LogP contribution in [0.1, 0.15) is 12.8 Å². The fraction of sp³-hybridized carbons (Fsp3) is 0.636. The number of rotatable bonds is 6. The molecule has 0 spiro atoms. The first-order chi connectivity index (χ1) is 8.13. The third-order valence-corrected chi connectivity index (χ3v) is 2.61. The maximum absolute atomic E-state index is 11.4. The second-order valence-electron chi connectivity index (χ2n) is 4.03. The molecule has 4 N–H and O–H groups in total. The van der Waals surface area contributed by atoms with E-state index < -0.39 is 11.9 Å². The monoisotopic (exact) mass is 241 g/mol. The van der Waals surface area contributed by atoms with Crippen molar-refractivity contribution in [2.24, 2.45) is 5.92 Å². The lowest BCUT2D eigenvalue weighted by Gasteiger charge is -2.13. The first-order valence-electron chi connectivity index (χ1n) is 5.73. The molecule has 0 aliphatic heterocycles. The number of aliphatic carboxylic acids is 1. The van der Waals surface area contributed by atoms with E-state index in [2.05, 4.69) is 16.0 Å². The largest absolute Gasteiger partial charge is 0.481 e. The Labute approximate surface area is 100 Å². The van der Waals surface area contributed by atoms with E-state index in [4.69, 9.17) is 5.11 Å². The van der Waals surface area contributed by atoms with Gasteiger partial charge < -0.3 is 21.1 Å². The van der Waals surface area contributed by atoms with Crippen LogP contribution in [0.5, 0.6) is 0 Å². The summed E-state index contributed by atoms with van der Waals surface area (Å²) < 4.78 is 0. The third-order valence-electron chi connectivity index (χ3n) is 2.61. The second-order valence-corrected chi connectivity index (χ2v) is 4.03. The van der Waals surface area contributed by atoms with E-state index >= 15 is 0 Å². The molecule has 2 unspecified atom stereocenters. The Bertz CT molecular complexity index is 304. The lowest BCUT2D eigenvalue weighted by atomic mass is 10.1. The molecular weight excluding hydrogens is 222 g/mol. The molecule has 0 radical (unpaired) electrons. The van der Waals surface area contributed by atoms with Crippen LogP contribution < -0.4 is 16.0 Å². The van der Waals surface area contributed by atoms with Crippen molar-refractivity contribution < 1.29 is 14.7 Å². The predicted octanol–water partition coefficient (Wildman–Crippen LogP) is -0.0756. The number of amides is 2. The zero-order valence-corrected chi connectivity index (χ0v) is 9.90. The number of carboxylic acid groups (broad SMARTS) is 1. The Balaban J connectivity index is 2.16. The topological polar surface area (TPSA) is 90.5 Å². The van der Waals surface area contributed by atoms with Gasteiger partial charge in [0.25, 0.3) is 0 Å². The number of carbonyl (C=O) groups excluding carboxylic acids is 1. The molecule has 1 rings (SSSR count). The summed E-state index contributed by atoms with van der Waals surface area (Å²) in [5, 5.41) is 17.2. The molecule has 2 amide bonds. The van der Waals surface area contributed by atoms with Crippen molar-refractivity contribution in [3.8, 4) is 0 Å². The maximum atomic E-state index is 11.4. The summed E-state index contributed by atoms with van der Waals surface area (Å²) in [5.74, 6) is -1.33. The van der Waals surface area contributed by atoms with Crippen molar-refractivity contribution in [1.82, 2.24) is 16.0 Å². The summed E-state index contributed by atoms with van der Waals surface area (Å²) in [7, 11) is 1.86. The normalized spacial score (nSPS) is 22.4. The van der Waals surface area contributed by atoms with Crippen molar-refractivity contribution in [3.63, 3.8) is 0 Å². The number of carboxylic acids is 1. The number of urea groups is 1. The molecular formula is C11H19N3O3. The molecule has 0 bridgehead atoms. The van der Waals surface area contributed by atoms with Crippen molar-refractivity contribution in [2.75, 3.05) is 20.1 Å². The number of hydrogen-bond acceptors (Lipinski definition) is 3. The molecule has 0 aromatic rings. The smallest absolute Gasteiger partial charge is 0.315 e. The van der Waals surface area contributed by atoms with E-state index in [0.29, 0.717) is 13.0 Å². The van der Waals surface area contributed by atoms with Gasteiger partial charge in [0, 0.05) is 6.54 Å². The molecule has 1 aliphatic rings. The number of carbonyl (C=O) groups is 2. The zero-order chi connectivity index (χ0) is 12.7. The number of nitrogens with one attached hydrogen (secondary N) is 3. The fourth-order valence-electron chi connectivity index (χ4n) is 1.68. The quantitative estimate of drug-likeness (QED) is 0.387. The lowest BCUT2D eigenvalue weighted by Crippen LogP contribution is -2.41. The standard InChI is InChI=1S/C11H19N3O3/c1-12-5-2-6-13-11(17)14-9-4-3-8(7-9)10(15)16/h3-4,8-9,12H,2,5-7H2,1H3,(H,15,16)(H2,13,14,17). The fourth-order valence-corrected chi connectivity index (χ4v) is 1.68. The molecule has 0 saturated heterocycles. The van der Waals surface area contributed by atoms with Crippen LogP contribution in [0.25, 0.3) is 0 Å². The average molecular weight is 241 g/mol. The van der Waals surface area contributed by atoms with Gasteiger partial charge in [-0.15, -0.1) is 0 Å². The first-order valence-corrected chi connectivity index (χ1v) is 5.73.